The zero-order chi connectivity index (χ0) is 13.6. The fourth-order valence-corrected chi connectivity index (χ4v) is 2.80. The molecular formula is C15H26N2S. The third kappa shape index (κ3) is 5.30. The van der Waals surface area contributed by atoms with Crippen molar-refractivity contribution in [1.29, 1.82) is 0 Å². The molecule has 2 nitrogen and oxygen atoms in total. The number of rotatable bonds is 6. The van der Waals surface area contributed by atoms with Gasteiger partial charge in [0.15, 0.2) is 0 Å². The van der Waals surface area contributed by atoms with Gasteiger partial charge in [0.1, 0.15) is 5.82 Å². The zero-order valence-corrected chi connectivity index (χ0v) is 13.2. The van der Waals surface area contributed by atoms with Gasteiger partial charge in [-0.15, -0.1) is 11.8 Å². The first-order chi connectivity index (χ1) is 8.46. The van der Waals surface area contributed by atoms with Crippen molar-refractivity contribution in [3.63, 3.8) is 0 Å². The first-order valence-electron chi connectivity index (χ1n) is 6.86. The predicted octanol–water partition coefficient (Wildman–Crippen LogP) is 4.60. The Morgan fingerprint density at radius 2 is 1.72 bits per heavy atom. The van der Waals surface area contributed by atoms with E-state index in [2.05, 4.69) is 56.6 Å². The lowest BCUT2D eigenvalue weighted by Gasteiger charge is -2.23. The Balaban J connectivity index is 2.73. The third-order valence-corrected chi connectivity index (χ3v) is 3.55. The number of pyridine rings is 1. The summed E-state index contributed by atoms with van der Waals surface area (Å²) in [6, 6.07) is 4.34. The zero-order valence-electron chi connectivity index (χ0n) is 12.4. The summed E-state index contributed by atoms with van der Waals surface area (Å²) in [6.07, 6.45) is 4.34. The summed E-state index contributed by atoms with van der Waals surface area (Å²) in [5.74, 6) is 1.11. The summed E-state index contributed by atoms with van der Waals surface area (Å²) in [5.41, 5.74) is 0. The highest BCUT2D eigenvalue weighted by atomic mass is 32.2. The molecule has 1 aromatic rings. The van der Waals surface area contributed by atoms with Crippen molar-refractivity contribution in [2.45, 2.75) is 57.1 Å². The number of nitrogens with zero attached hydrogens (tertiary/aromatic N) is 2. The van der Waals surface area contributed by atoms with Gasteiger partial charge >= 0.3 is 0 Å². The fourth-order valence-electron chi connectivity index (χ4n) is 1.85. The minimum absolute atomic E-state index is 0.246. The van der Waals surface area contributed by atoms with Gasteiger partial charge in [0.25, 0.3) is 0 Å². The van der Waals surface area contributed by atoms with Crippen LogP contribution in [0, 0.1) is 0 Å². The van der Waals surface area contributed by atoms with Gasteiger partial charge in [-0.1, -0.05) is 34.6 Å². The number of thioether (sulfide) groups is 1. The second-order valence-electron chi connectivity index (χ2n) is 5.55. The van der Waals surface area contributed by atoms with Crippen LogP contribution in [0.5, 0.6) is 0 Å². The van der Waals surface area contributed by atoms with Crippen molar-refractivity contribution >= 4 is 17.6 Å². The lowest BCUT2D eigenvalue weighted by atomic mass is 10.3. The van der Waals surface area contributed by atoms with Crippen LogP contribution in [0.3, 0.4) is 0 Å². The Labute approximate surface area is 116 Å². The topological polar surface area (TPSA) is 16.1 Å². The van der Waals surface area contributed by atoms with E-state index in [-0.39, 0.29) is 4.75 Å². The highest BCUT2D eigenvalue weighted by molar-refractivity contribution is 8.00. The number of hydrogen-bond donors (Lipinski definition) is 0. The molecule has 0 atom stereocenters. The van der Waals surface area contributed by atoms with E-state index in [1.54, 1.807) is 0 Å². The third-order valence-electron chi connectivity index (χ3n) is 2.46. The van der Waals surface area contributed by atoms with E-state index in [0.29, 0.717) is 0 Å². The summed E-state index contributed by atoms with van der Waals surface area (Å²) in [7, 11) is 0. The van der Waals surface area contributed by atoms with Crippen molar-refractivity contribution in [3.8, 4) is 0 Å². The molecule has 0 bridgehead atoms. The van der Waals surface area contributed by atoms with Crippen LogP contribution in [0.4, 0.5) is 5.82 Å². The fraction of sp³-hybridized carbons (Fsp3) is 0.667. The molecule has 0 aliphatic carbocycles. The van der Waals surface area contributed by atoms with Gasteiger partial charge in [-0.25, -0.2) is 4.98 Å². The van der Waals surface area contributed by atoms with Gasteiger partial charge < -0.3 is 4.90 Å². The van der Waals surface area contributed by atoms with Crippen molar-refractivity contribution in [1.82, 2.24) is 4.98 Å². The molecule has 1 heterocycles. The second-order valence-corrected chi connectivity index (χ2v) is 7.45. The molecule has 0 radical (unpaired) electrons. The molecule has 0 aliphatic heterocycles. The van der Waals surface area contributed by atoms with Crippen molar-refractivity contribution in [2.24, 2.45) is 0 Å². The van der Waals surface area contributed by atoms with E-state index >= 15 is 0 Å². The molecule has 0 unspecified atom stereocenters. The molecular weight excluding hydrogens is 240 g/mol. The second kappa shape index (κ2) is 7.03. The molecule has 0 saturated heterocycles. The highest BCUT2D eigenvalue weighted by Gasteiger charge is 2.13. The van der Waals surface area contributed by atoms with Crippen LogP contribution >= 0.6 is 11.8 Å². The number of aromatic nitrogens is 1. The Kier molecular flexibility index (Phi) is 6.00. The summed E-state index contributed by atoms with van der Waals surface area (Å²) in [5, 5.41) is 0. The smallest absolute Gasteiger partial charge is 0.128 e. The largest absolute Gasteiger partial charge is 0.357 e. The van der Waals surface area contributed by atoms with Crippen molar-refractivity contribution in [2.75, 3.05) is 18.0 Å². The maximum Gasteiger partial charge on any atom is 0.128 e. The van der Waals surface area contributed by atoms with Crippen LogP contribution in [-0.4, -0.2) is 22.8 Å². The Hall–Kier alpha value is -0.700. The van der Waals surface area contributed by atoms with E-state index < -0.39 is 0 Å². The normalized spacial score (nSPS) is 11.6. The van der Waals surface area contributed by atoms with Crippen LogP contribution in [0.15, 0.2) is 23.2 Å². The molecule has 0 aliphatic rings. The molecule has 0 saturated carbocycles. The van der Waals surface area contributed by atoms with Gasteiger partial charge in [0.2, 0.25) is 0 Å². The number of anilines is 1. The average molecular weight is 266 g/mol. The molecule has 1 rings (SSSR count). The molecule has 0 aromatic carbocycles. The van der Waals surface area contributed by atoms with Crippen molar-refractivity contribution < 1.29 is 0 Å². The van der Waals surface area contributed by atoms with E-state index in [9.17, 15) is 0 Å². The lowest BCUT2D eigenvalue weighted by Crippen LogP contribution is -2.25. The van der Waals surface area contributed by atoms with Gasteiger partial charge in [-0.05, 0) is 25.0 Å². The standard InChI is InChI=1S/C15H26N2S/c1-6-10-17(11-7-2)14-9-8-13(12-16-14)18-15(3,4)5/h8-9,12H,6-7,10-11H2,1-5H3. The van der Waals surface area contributed by atoms with Crippen LogP contribution in [0.25, 0.3) is 0 Å². The molecule has 3 heteroatoms. The molecule has 1 aromatic heterocycles. The van der Waals surface area contributed by atoms with E-state index in [1.807, 2.05) is 18.0 Å². The average Bonchev–Trinajstić information content (AvgIpc) is 2.28. The van der Waals surface area contributed by atoms with Crippen molar-refractivity contribution in [3.05, 3.63) is 18.3 Å². The molecule has 0 amide bonds. The Morgan fingerprint density at radius 1 is 1.11 bits per heavy atom. The van der Waals surface area contributed by atoms with Crippen LogP contribution < -0.4 is 4.90 Å². The molecule has 0 N–H and O–H groups in total. The minimum atomic E-state index is 0.246. The minimum Gasteiger partial charge on any atom is -0.357 e. The maximum atomic E-state index is 4.61. The number of hydrogen-bond acceptors (Lipinski definition) is 3. The monoisotopic (exact) mass is 266 g/mol. The van der Waals surface area contributed by atoms with Crippen LogP contribution in [0.2, 0.25) is 0 Å². The molecule has 0 spiro atoms. The van der Waals surface area contributed by atoms with Gasteiger partial charge in [0, 0.05) is 28.9 Å². The summed E-state index contributed by atoms with van der Waals surface area (Å²) < 4.78 is 0.246. The van der Waals surface area contributed by atoms with Gasteiger partial charge in [-0.2, -0.15) is 0 Å². The predicted molar refractivity (Wildman–Crippen MR) is 82.6 cm³/mol. The van der Waals surface area contributed by atoms with Crippen LogP contribution in [-0.2, 0) is 0 Å². The molecule has 0 fully saturated rings. The highest BCUT2D eigenvalue weighted by Crippen LogP contribution is 2.31. The van der Waals surface area contributed by atoms with Gasteiger partial charge in [0.05, 0.1) is 0 Å². The molecule has 102 valence electrons. The maximum absolute atomic E-state index is 4.61. The Bertz CT molecular complexity index is 335. The molecule has 18 heavy (non-hydrogen) atoms. The first-order valence-corrected chi connectivity index (χ1v) is 7.68. The van der Waals surface area contributed by atoms with Gasteiger partial charge in [-0.3, -0.25) is 0 Å². The van der Waals surface area contributed by atoms with Crippen LogP contribution in [0.1, 0.15) is 47.5 Å². The SMILES string of the molecule is CCCN(CCC)c1ccc(SC(C)(C)C)cn1. The van der Waals surface area contributed by atoms with E-state index in [4.69, 9.17) is 0 Å². The summed E-state index contributed by atoms with van der Waals surface area (Å²) >= 11 is 1.87. The lowest BCUT2D eigenvalue weighted by molar-refractivity contribution is 0.733. The summed E-state index contributed by atoms with van der Waals surface area (Å²) in [6.45, 7) is 13.3. The quantitative estimate of drug-likeness (QED) is 0.700. The first kappa shape index (κ1) is 15.4. The summed E-state index contributed by atoms with van der Waals surface area (Å²) in [4.78, 5) is 8.22. The Morgan fingerprint density at radius 3 is 2.11 bits per heavy atom. The van der Waals surface area contributed by atoms with E-state index in [1.165, 1.54) is 17.7 Å². The van der Waals surface area contributed by atoms with E-state index in [0.717, 1.165) is 18.9 Å².